The Bertz CT molecular complexity index is 444. The quantitative estimate of drug-likeness (QED) is 0.831. The van der Waals surface area contributed by atoms with Gasteiger partial charge in [-0.1, -0.05) is 6.07 Å². The summed E-state index contributed by atoms with van der Waals surface area (Å²) in [6.07, 6.45) is 4.33. The number of aromatic nitrogens is 1. The Hall–Kier alpha value is -0.970. The molecule has 0 radical (unpaired) electrons. The maximum Gasteiger partial charge on any atom is 0.108 e. The molecule has 4 nitrogen and oxygen atoms in total. The van der Waals surface area contributed by atoms with E-state index in [-0.39, 0.29) is 11.7 Å². The zero-order valence-corrected chi connectivity index (χ0v) is 11.8. The SMILES string of the molecule is CO[C@H]1CN(Cc2ncccc2C)C[C@@]12CCCO2. The number of hydrogen-bond donors (Lipinski definition) is 0. The lowest BCUT2D eigenvalue weighted by atomic mass is 9.96. The molecule has 104 valence electrons. The van der Waals surface area contributed by atoms with E-state index in [2.05, 4.69) is 22.9 Å². The van der Waals surface area contributed by atoms with Gasteiger partial charge in [-0.2, -0.15) is 0 Å². The van der Waals surface area contributed by atoms with E-state index in [4.69, 9.17) is 9.47 Å². The van der Waals surface area contributed by atoms with Gasteiger partial charge in [0.05, 0.1) is 11.8 Å². The molecule has 2 saturated heterocycles. The second-order valence-corrected chi connectivity index (χ2v) is 5.68. The number of likely N-dealkylation sites (tertiary alicyclic amines) is 1. The molecule has 0 aromatic carbocycles. The topological polar surface area (TPSA) is 34.6 Å². The lowest BCUT2D eigenvalue weighted by molar-refractivity contribution is -0.0756. The monoisotopic (exact) mass is 262 g/mol. The lowest BCUT2D eigenvalue weighted by Gasteiger charge is -2.28. The standard InChI is InChI=1S/C15H22N2O2/c1-12-5-3-7-16-13(12)9-17-10-14(18-2)15(11-17)6-4-8-19-15/h3,5,7,14H,4,6,8-11H2,1-2H3/t14-,15-/m0/s1. The molecule has 0 unspecified atom stereocenters. The zero-order valence-electron chi connectivity index (χ0n) is 11.8. The minimum absolute atomic E-state index is 0.0720. The second-order valence-electron chi connectivity index (χ2n) is 5.68. The smallest absolute Gasteiger partial charge is 0.108 e. The molecule has 1 spiro atoms. The Morgan fingerprint density at radius 3 is 3.16 bits per heavy atom. The summed E-state index contributed by atoms with van der Waals surface area (Å²) in [5, 5.41) is 0. The lowest BCUT2D eigenvalue weighted by Crippen LogP contribution is -2.42. The van der Waals surface area contributed by atoms with Crippen molar-refractivity contribution in [1.82, 2.24) is 9.88 Å². The highest BCUT2D eigenvalue weighted by atomic mass is 16.6. The van der Waals surface area contributed by atoms with Gasteiger partial charge in [-0.3, -0.25) is 9.88 Å². The van der Waals surface area contributed by atoms with Crippen molar-refractivity contribution in [1.29, 1.82) is 0 Å². The normalized spacial score (nSPS) is 31.4. The third kappa shape index (κ3) is 2.40. The van der Waals surface area contributed by atoms with E-state index in [1.165, 1.54) is 5.56 Å². The summed E-state index contributed by atoms with van der Waals surface area (Å²) >= 11 is 0. The predicted octanol–water partition coefficient (Wildman–Crippen LogP) is 1.77. The summed E-state index contributed by atoms with van der Waals surface area (Å²) in [7, 11) is 1.80. The molecule has 1 aromatic heterocycles. The Labute approximate surface area is 114 Å². The Kier molecular flexibility index (Phi) is 3.56. The van der Waals surface area contributed by atoms with Crippen LogP contribution in [-0.2, 0) is 16.0 Å². The van der Waals surface area contributed by atoms with Crippen LogP contribution in [0.4, 0.5) is 0 Å². The number of ether oxygens (including phenoxy) is 2. The molecule has 2 atom stereocenters. The largest absolute Gasteiger partial charge is 0.377 e. The average Bonchev–Trinajstić information content (AvgIpc) is 3.01. The van der Waals surface area contributed by atoms with Gasteiger partial charge in [0.15, 0.2) is 0 Å². The third-order valence-electron chi connectivity index (χ3n) is 4.41. The maximum absolute atomic E-state index is 6.02. The van der Waals surface area contributed by atoms with Crippen molar-refractivity contribution in [3.05, 3.63) is 29.6 Å². The summed E-state index contributed by atoms with van der Waals surface area (Å²) < 4.78 is 11.7. The molecule has 1 aromatic rings. The van der Waals surface area contributed by atoms with E-state index < -0.39 is 0 Å². The first-order valence-corrected chi connectivity index (χ1v) is 7.03. The molecular weight excluding hydrogens is 240 g/mol. The third-order valence-corrected chi connectivity index (χ3v) is 4.41. The van der Waals surface area contributed by atoms with Crippen LogP contribution >= 0.6 is 0 Å². The highest BCUT2D eigenvalue weighted by Crippen LogP contribution is 2.37. The zero-order chi connectivity index (χ0) is 13.3. The van der Waals surface area contributed by atoms with E-state index in [1.807, 2.05) is 12.3 Å². The molecular formula is C15H22N2O2. The van der Waals surface area contributed by atoms with Crippen LogP contribution in [0.3, 0.4) is 0 Å². The van der Waals surface area contributed by atoms with Crippen molar-refractivity contribution in [2.45, 2.75) is 38.0 Å². The van der Waals surface area contributed by atoms with Crippen molar-refractivity contribution in [3.8, 4) is 0 Å². The fourth-order valence-corrected chi connectivity index (χ4v) is 3.35. The Balaban J connectivity index is 1.72. The molecule has 0 bridgehead atoms. The number of pyridine rings is 1. The first kappa shape index (κ1) is 13.0. The summed E-state index contributed by atoms with van der Waals surface area (Å²) in [5.41, 5.74) is 2.34. The van der Waals surface area contributed by atoms with Crippen molar-refractivity contribution >= 4 is 0 Å². The predicted molar refractivity (Wildman–Crippen MR) is 73.0 cm³/mol. The van der Waals surface area contributed by atoms with Crippen LogP contribution in [0.5, 0.6) is 0 Å². The second kappa shape index (κ2) is 5.19. The summed E-state index contributed by atoms with van der Waals surface area (Å²) in [5.74, 6) is 0. The van der Waals surface area contributed by atoms with E-state index >= 15 is 0 Å². The molecule has 4 heteroatoms. The van der Waals surface area contributed by atoms with Gasteiger partial charge >= 0.3 is 0 Å². The highest BCUT2D eigenvalue weighted by molar-refractivity contribution is 5.18. The maximum atomic E-state index is 6.02. The van der Waals surface area contributed by atoms with Gasteiger partial charge in [0, 0.05) is 39.5 Å². The number of nitrogens with zero attached hydrogens (tertiary/aromatic N) is 2. The van der Waals surface area contributed by atoms with Gasteiger partial charge in [-0.05, 0) is 31.4 Å². The number of rotatable bonds is 3. The molecule has 0 amide bonds. The average molecular weight is 262 g/mol. The van der Waals surface area contributed by atoms with Gasteiger partial charge < -0.3 is 9.47 Å². The van der Waals surface area contributed by atoms with Gasteiger partial charge in [-0.25, -0.2) is 0 Å². The van der Waals surface area contributed by atoms with Gasteiger partial charge in [0.25, 0.3) is 0 Å². The van der Waals surface area contributed by atoms with Crippen molar-refractivity contribution in [3.63, 3.8) is 0 Å². The Morgan fingerprint density at radius 1 is 1.58 bits per heavy atom. The molecule has 2 aliphatic heterocycles. The van der Waals surface area contributed by atoms with E-state index in [1.54, 1.807) is 7.11 Å². The number of methoxy groups -OCH3 is 1. The minimum Gasteiger partial charge on any atom is -0.377 e. The summed E-state index contributed by atoms with van der Waals surface area (Å²) in [6, 6.07) is 4.11. The van der Waals surface area contributed by atoms with Crippen LogP contribution in [0.25, 0.3) is 0 Å². The first-order chi connectivity index (χ1) is 9.23. The number of aryl methyl sites for hydroxylation is 1. The first-order valence-electron chi connectivity index (χ1n) is 7.03. The van der Waals surface area contributed by atoms with Crippen LogP contribution in [0.1, 0.15) is 24.1 Å². The van der Waals surface area contributed by atoms with Crippen LogP contribution in [0.2, 0.25) is 0 Å². The van der Waals surface area contributed by atoms with Gasteiger partial charge in [-0.15, -0.1) is 0 Å². The van der Waals surface area contributed by atoms with Crippen LogP contribution in [0, 0.1) is 6.92 Å². The molecule has 3 rings (SSSR count). The molecule has 0 N–H and O–H groups in total. The van der Waals surface area contributed by atoms with Crippen LogP contribution in [-0.4, -0.2) is 48.4 Å². The number of hydrogen-bond acceptors (Lipinski definition) is 4. The van der Waals surface area contributed by atoms with E-state index in [0.717, 1.165) is 44.8 Å². The highest BCUT2D eigenvalue weighted by Gasteiger charge is 2.49. The van der Waals surface area contributed by atoms with Crippen molar-refractivity contribution in [2.24, 2.45) is 0 Å². The fraction of sp³-hybridized carbons (Fsp3) is 0.667. The van der Waals surface area contributed by atoms with Crippen LogP contribution < -0.4 is 0 Å². The molecule has 0 aliphatic carbocycles. The molecule has 19 heavy (non-hydrogen) atoms. The van der Waals surface area contributed by atoms with Gasteiger partial charge in [0.2, 0.25) is 0 Å². The van der Waals surface area contributed by atoms with E-state index in [9.17, 15) is 0 Å². The van der Waals surface area contributed by atoms with Crippen LogP contribution in [0.15, 0.2) is 18.3 Å². The fourth-order valence-electron chi connectivity index (χ4n) is 3.35. The van der Waals surface area contributed by atoms with Crippen molar-refractivity contribution < 1.29 is 9.47 Å². The van der Waals surface area contributed by atoms with Crippen molar-refractivity contribution in [2.75, 3.05) is 26.8 Å². The van der Waals surface area contributed by atoms with E-state index in [0.29, 0.717) is 0 Å². The molecule has 2 aliphatic rings. The molecule has 0 saturated carbocycles. The minimum atomic E-state index is -0.0720. The summed E-state index contributed by atoms with van der Waals surface area (Å²) in [4.78, 5) is 6.90. The Morgan fingerprint density at radius 2 is 2.47 bits per heavy atom. The summed E-state index contributed by atoms with van der Waals surface area (Å²) in [6.45, 7) is 5.77. The van der Waals surface area contributed by atoms with Gasteiger partial charge in [0.1, 0.15) is 5.60 Å². The molecule has 2 fully saturated rings. The molecule has 3 heterocycles.